The predicted octanol–water partition coefficient (Wildman–Crippen LogP) is 4.90. The first-order valence-electron chi connectivity index (χ1n) is 9.70. The summed E-state index contributed by atoms with van der Waals surface area (Å²) in [6.07, 6.45) is 0. The van der Waals surface area contributed by atoms with E-state index in [2.05, 4.69) is 0 Å². The Labute approximate surface area is 178 Å². The average molecular weight is 419 g/mol. The number of amides is 1. The number of carbonyl (C=O) groups is 2. The minimum atomic E-state index is -0.838. The van der Waals surface area contributed by atoms with Crippen molar-refractivity contribution < 1.29 is 23.5 Å². The molecule has 0 aliphatic carbocycles. The third kappa shape index (κ3) is 3.97. The Morgan fingerprint density at radius 2 is 1.55 bits per heavy atom. The van der Waals surface area contributed by atoms with Crippen LogP contribution in [0.25, 0.3) is 5.76 Å². The number of aryl methyl sites for hydroxylation is 1. The zero-order valence-electron chi connectivity index (χ0n) is 16.7. The number of Topliss-reactive ketones (excluding diaryl/α,β-unsaturated/α-hetero) is 1. The van der Waals surface area contributed by atoms with E-state index in [-0.39, 0.29) is 23.4 Å². The summed E-state index contributed by atoms with van der Waals surface area (Å²) in [7, 11) is 0. The van der Waals surface area contributed by atoms with Gasteiger partial charge in [-0.3, -0.25) is 9.59 Å². The normalized spacial score (nSPS) is 17.9. The molecule has 1 fully saturated rings. The molecule has 156 valence electrons. The van der Waals surface area contributed by atoms with Crippen LogP contribution in [0.1, 0.15) is 28.3 Å². The van der Waals surface area contributed by atoms with Gasteiger partial charge in [0.05, 0.1) is 11.6 Å². The van der Waals surface area contributed by atoms with Crippen LogP contribution in [-0.4, -0.2) is 21.7 Å². The monoisotopic (exact) mass is 419 g/mol. The van der Waals surface area contributed by atoms with Gasteiger partial charge in [-0.2, -0.15) is 0 Å². The molecule has 1 saturated heterocycles. The Bertz CT molecular complexity index is 1180. The molecular weight excluding hydrogens is 400 g/mol. The molecule has 0 radical (unpaired) electrons. The molecule has 4 rings (SSSR count). The van der Waals surface area contributed by atoms with Crippen molar-refractivity contribution in [2.24, 2.45) is 0 Å². The molecule has 1 N–H and O–H groups in total. The minimum Gasteiger partial charge on any atom is -0.507 e. The lowest BCUT2D eigenvalue weighted by atomic mass is 9.94. The number of likely N-dealkylation sites (tertiary alicyclic amines) is 1. The molecule has 3 aromatic carbocycles. The average Bonchev–Trinajstić information content (AvgIpc) is 3.00. The second-order valence-corrected chi connectivity index (χ2v) is 7.47. The smallest absolute Gasteiger partial charge is 0.295 e. The number of halogens is 2. The fourth-order valence-corrected chi connectivity index (χ4v) is 3.78. The third-order valence-corrected chi connectivity index (χ3v) is 5.28. The largest absolute Gasteiger partial charge is 0.507 e. The second-order valence-electron chi connectivity index (χ2n) is 7.47. The van der Waals surface area contributed by atoms with Gasteiger partial charge in [0, 0.05) is 12.1 Å². The number of carbonyl (C=O) groups excluding carboxylic acids is 2. The maximum atomic E-state index is 13.3. The number of ketones is 1. The summed E-state index contributed by atoms with van der Waals surface area (Å²) in [5, 5.41) is 10.9. The standard InChI is InChI=1S/C25H19F2NO3/c1-15-3-2-4-18(13-15)22-21(23(29)17-7-11-20(27)12-8-17)24(30)25(31)28(22)14-16-5-9-19(26)10-6-16/h2-13,22,29H,14H2,1H3/b23-21-. The van der Waals surface area contributed by atoms with Crippen LogP contribution < -0.4 is 0 Å². The molecule has 1 atom stereocenters. The highest BCUT2D eigenvalue weighted by Gasteiger charge is 2.46. The summed E-state index contributed by atoms with van der Waals surface area (Å²) in [5.74, 6) is -2.85. The quantitative estimate of drug-likeness (QED) is 0.372. The molecule has 31 heavy (non-hydrogen) atoms. The van der Waals surface area contributed by atoms with Gasteiger partial charge in [0.15, 0.2) is 0 Å². The van der Waals surface area contributed by atoms with Crippen LogP contribution in [0.15, 0.2) is 78.4 Å². The van der Waals surface area contributed by atoms with Crippen molar-refractivity contribution in [1.29, 1.82) is 0 Å². The van der Waals surface area contributed by atoms with Gasteiger partial charge in [0.2, 0.25) is 0 Å². The number of hydrogen-bond donors (Lipinski definition) is 1. The van der Waals surface area contributed by atoms with E-state index < -0.39 is 29.4 Å². The number of aliphatic hydroxyl groups is 1. The highest BCUT2D eigenvalue weighted by Crippen LogP contribution is 2.40. The summed E-state index contributed by atoms with van der Waals surface area (Å²) in [5.41, 5.74) is 2.39. The van der Waals surface area contributed by atoms with Gasteiger partial charge in [0.25, 0.3) is 11.7 Å². The Hall–Kier alpha value is -3.80. The molecule has 1 aliphatic rings. The molecule has 1 amide bonds. The van der Waals surface area contributed by atoms with Crippen LogP contribution in [0.5, 0.6) is 0 Å². The van der Waals surface area contributed by atoms with Gasteiger partial charge in [-0.15, -0.1) is 0 Å². The third-order valence-electron chi connectivity index (χ3n) is 5.28. The second kappa shape index (κ2) is 8.14. The van der Waals surface area contributed by atoms with Crippen molar-refractivity contribution in [3.8, 4) is 0 Å². The highest BCUT2D eigenvalue weighted by atomic mass is 19.1. The number of benzene rings is 3. The fourth-order valence-electron chi connectivity index (χ4n) is 3.78. The molecule has 1 unspecified atom stereocenters. The predicted molar refractivity (Wildman–Crippen MR) is 112 cm³/mol. The number of hydrogen-bond acceptors (Lipinski definition) is 3. The van der Waals surface area contributed by atoms with Crippen molar-refractivity contribution in [3.05, 3.63) is 112 Å². The SMILES string of the molecule is Cc1cccc(C2/C(=C(/O)c3ccc(F)cc3)C(=O)C(=O)N2Cc2ccc(F)cc2)c1. The van der Waals surface area contributed by atoms with E-state index in [1.807, 2.05) is 19.1 Å². The number of aliphatic hydroxyl groups excluding tert-OH is 1. The van der Waals surface area contributed by atoms with Gasteiger partial charge >= 0.3 is 0 Å². The van der Waals surface area contributed by atoms with Crippen LogP contribution in [0.3, 0.4) is 0 Å². The molecule has 0 saturated carbocycles. The fraction of sp³-hybridized carbons (Fsp3) is 0.120. The van der Waals surface area contributed by atoms with Crippen LogP contribution in [0, 0.1) is 18.6 Å². The Balaban J connectivity index is 1.85. The lowest BCUT2D eigenvalue weighted by Gasteiger charge is -2.25. The number of nitrogens with zero attached hydrogens (tertiary/aromatic N) is 1. The van der Waals surface area contributed by atoms with E-state index in [0.29, 0.717) is 11.1 Å². The Kier molecular flexibility index (Phi) is 5.38. The minimum absolute atomic E-state index is 0.0592. The maximum absolute atomic E-state index is 13.3. The van der Waals surface area contributed by atoms with E-state index >= 15 is 0 Å². The van der Waals surface area contributed by atoms with E-state index in [1.54, 1.807) is 24.3 Å². The molecule has 0 spiro atoms. The van der Waals surface area contributed by atoms with E-state index in [9.17, 15) is 23.5 Å². The zero-order chi connectivity index (χ0) is 22.1. The van der Waals surface area contributed by atoms with Crippen LogP contribution in [-0.2, 0) is 16.1 Å². The van der Waals surface area contributed by atoms with Crippen LogP contribution in [0.4, 0.5) is 8.78 Å². The first-order valence-corrected chi connectivity index (χ1v) is 9.70. The molecule has 1 aliphatic heterocycles. The lowest BCUT2D eigenvalue weighted by molar-refractivity contribution is -0.140. The number of rotatable bonds is 4. The Morgan fingerprint density at radius 1 is 0.935 bits per heavy atom. The zero-order valence-corrected chi connectivity index (χ0v) is 16.7. The van der Waals surface area contributed by atoms with Gasteiger partial charge in [-0.05, 0) is 54.4 Å². The molecule has 1 heterocycles. The van der Waals surface area contributed by atoms with E-state index in [4.69, 9.17) is 0 Å². The molecular formula is C25H19F2NO3. The van der Waals surface area contributed by atoms with Crippen molar-refractivity contribution in [3.63, 3.8) is 0 Å². The lowest BCUT2D eigenvalue weighted by Crippen LogP contribution is -2.29. The van der Waals surface area contributed by atoms with E-state index in [0.717, 1.165) is 5.56 Å². The van der Waals surface area contributed by atoms with Crippen LogP contribution in [0.2, 0.25) is 0 Å². The summed E-state index contributed by atoms with van der Waals surface area (Å²) in [6.45, 7) is 1.94. The maximum Gasteiger partial charge on any atom is 0.295 e. The van der Waals surface area contributed by atoms with Crippen LogP contribution >= 0.6 is 0 Å². The van der Waals surface area contributed by atoms with Gasteiger partial charge in [0.1, 0.15) is 17.4 Å². The summed E-state index contributed by atoms with van der Waals surface area (Å²) < 4.78 is 26.6. The molecule has 0 bridgehead atoms. The molecule has 6 heteroatoms. The van der Waals surface area contributed by atoms with Gasteiger partial charge in [-0.1, -0.05) is 42.0 Å². The molecule has 4 nitrogen and oxygen atoms in total. The van der Waals surface area contributed by atoms with Crippen molar-refractivity contribution in [1.82, 2.24) is 4.90 Å². The van der Waals surface area contributed by atoms with Crippen molar-refractivity contribution in [2.75, 3.05) is 0 Å². The Morgan fingerprint density at radius 3 is 2.16 bits per heavy atom. The summed E-state index contributed by atoms with van der Waals surface area (Å²) >= 11 is 0. The topological polar surface area (TPSA) is 57.6 Å². The first kappa shape index (κ1) is 20.5. The summed E-state index contributed by atoms with van der Waals surface area (Å²) in [4.78, 5) is 27.3. The van der Waals surface area contributed by atoms with Gasteiger partial charge in [-0.25, -0.2) is 8.78 Å². The first-order chi connectivity index (χ1) is 14.8. The molecule has 3 aromatic rings. The van der Waals surface area contributed by atoms with Crippen molar-refractivity contribution in [2.45, 2.75) is 19.5 Å². The van der Waals surface area contributed by atoms with Crippen molar-refractivity contribution >= 4 is 17.4 Å². The summed E-state index contributed by atoms with van der Waals surface area (Å²) in [6, 6.07) is 17.2. The van der Waals surface area contributed by atoms with E-state index in [1.165, 1.54) is 41.3 Å². The highest BCUT2D eigenvalue weighted by molar-refractivity contribution is 6.46. The molecule has 0 aromatic heterocycles. The van der Waals surface area contributed by atoms with Gasteiger partial charge < -0.3 is 10.0 Å².